The van der Waals surface area contributed by atoms with Gasteiger partial charge in [0.2, 0.25) is 5.91 Å². The van der Waals surface area contributed by atoms with Crippen molar-refractivity contribution in [3.63, 3.8) is 0 Å². The molecule has 23 heavy (non-hydrogen) atoms. The van der Waals surface area contributed by atoms with Crippen molar-refractivity contribution in [3.8, 4) is 0 Å². The summed E-state index contributed by atoms with van der Waals surface area (Å²) < 4.78 is 0. The van der Waals surface area contributed by atoms with Crippen LogP contribution in [0.1, 0.15) is 12.0 Å². The van der Waals surface area contributed by atoms with Gasteiger partial charge in [-0.3, -0.25) is 4.79 Å². The number of piperazine rings is 1. The lowest BCUT2D eigenvalue weighted by Gasteiger charge is -2.31. The molecule has 2 heterocycles. The van der Waals surface area contributed by atoms with Gasteiger partial charge in [-0.05, 0) is 19.1 Å². The summed E-state index contributed by atoms with van der Waals surface area (Å²) in [7, 11) is 2.14. The third kappa shape index (κ3) is 3.64. The molecule has 2 aliphatic heterocycles. The van der Waals surface area contributed by atoms with E-state index < -0.39 is 0 Å². The van der Waals surface area contributed by atoms with Crippen LogP contribution >= 0.6 is 0 Å². The van der Waals surface area contributed by atoms with Gasteiger partial charge in [0, 0.05) is 18.7 Å². The second-order valence-electron chi connectivity index (χ2n) is 6.63. The van der Waals surface area contributed by atoms with Crippen molar-refractivity contribution in [3.05, 3.63) is 29.8 Å². The van der Waals surface area contributed by atoms with Crippen molar-refractivity contribution < 1.29 is 14.5 Å². The molecule has 124 valence electrons. The number of quaternary nitrogens is 1. The van der Waals surface area contributed by atoms with Crippen LogP contribution in [-0.4, -0.2) is 62.7 Å². The smallest absolute Gasteiger partial charge is 0.318 e. The molecular weight excluding hydrogens is 292 g/mol. The largest absolute Gasteiger partial charge is 0.334 e. The highest BCUT2D eigenvalue weighted by Gasteiger charge is 2.33. The van der Waals surface area contributed by atoms with E-state index in [9.17, 15) is 9.59 Å². The Bertz CT molecular complexity index is 579. The van der Waals surface area contributed by atoms with Crippen molar-refractivity contribution >= 4 is 17.6 Å². The third-order valence-corrected chi connectivity index (χ3v) is 4.70. The molecule has 1 aromatic carbocycles. The number of hydrogen-bond donors (Lipinski definition) is 2. The van der Waals surface area contributed by atoms with Crippen LogP contribution in [0.15, 0.2) is 24.3 Å². The van der Waals surface area contributed by atoms with Crippen molar-refractivity contribution in [2.75, 3.05) is 44.7 Å². The first-order valence-corrected chi connectivity index (χ1v) is 8.26. The lowest BCUT2D eigenvalue weighted by molar-refractivity contribution is -0.883. The number of hydrogen-bond acceptors (Lipinski definition) is 2. The lowest BCUT2D eigenvalue weighted by atomic mass is 10.2. The number of nitrogens with one attached hydrogen (secondary N) is 2. The predicted octanol–water partition coefficient (Wildman–Crippen LogP) is -0.360. The molecule has 0 bridgehead atoms. The Hall–Kier alpha value is -2.08. The van der Waals surface area contributed by atoms with Crippen LogP contribution in [0.4, 0.5) is 10.5 Å². The Balaban J connectivity index is 1.57. The van der Waals surface area contributed by atoms with Crippen molar-refractivity contribution in [1.82, 2.24) is 10.2 Å². The van der Waals surface area contributed by atoms with Gasteiger partial charge in [-0.25, -0.2) is 4.79 Å². The number of urea groups is 1. The lowest BCUT2D eigenvalue weighted by Crippen LogP contribution is -3.12. The highest BCUT2D eigenvalue weighted by Crippen LogP contribution is 2.22. The molecule has 0 unspecified atom stereocenters. The molecule has 2 N–H and O–H groups in total. The summed E-state index contributed by atoms with van der Waals surface area (Å²) in [5.41, 5.74) is 2.07. The fraction of sp³-hybridized carbons (Fsp3) is 0.529. The van der Waals surface area contributed by atoms with E-state index in [1.165, 1.54) is 10.5 Å². The first kappa shape index (κ1) is 15.8. The van der Waals surface area contributed by atoms with Crippen molar-refractivity contribution in [2.24, 2.45) is 0 Å². The van der Waals surface area contributed by atoms with E-state index >= 15 is 0 Å². The van der Waals surface area contributed by atoms with Crippen LogP contribution in [0.2, 0.25) is 0 Å². The second kappa shape index (κ2) is 6.58. The molecule has 1 atom stereocenters. The summed E-state index contributed by atoms with van der Waals surface area (Å²) >= 11 is 0. The number of amides is 3. The van der Waals surface area contributed by atoms with Gasteiger partial charge in [0.1, 0.15) is 0 Å². The summed E-state index contributed by atoms with van der Waals surface area (Å²) in [6.45, 7) is 6.09. The maximum absolute atomic E-state index is 12.3. The maximum atomic E-state index is 12.3. The van der Waals surface area contributed by atoms with Crippen LogP contribution < -0.4 is 15.1 Å². The third-order valence-electron chi connectivity index (χ3n) is 4.70. The summed E-state index contributed by atoms with van der Waals surface area (Å²) in [5, 5.41) is 3.02. The Morgan fingerprint density at radius 1 is 1.22 bits per heavy atom. The molecule has 3 rings (SSSR count). The van der Waals surface area contributed by atoms with Gasteiger partial charge < -0.3 is 20.0 Å². The number of benzene rings is 1. The number of carbonyl (C=O) groups excluding carboxylic acids is 2. The summed E-state index contributed by atoms with van der Waals surface area (Å²) in [5.74, 6) is 0.0713. The normalized spacial score (nSPS) is 22.5. The summed E-state index contributed by atoms with van der Waals surface area (Å²) in [6, 6.07) is 7.77. The zero-order valence-corrected chi connectivity index (χ0v) is 13.8. The SMILES string of the molecule is Cc1ccc(N2C[C@@H](NC(=O)N3CC[NH+](C)CC3)CC2=O)cc1. The average Bonchev–Trinajstić information content (AvgIpc) is 2.89. The van der Waals surface area contributed by atoms with Gasteiger partial charge in [-0.15, -0.1) is 0 Å². The monoisotopic (exact) mass is 317 g/mol. The predicted molar refractivity (Wildman–Crippen MR) is 88.7 cm³/mol. The minimum atomic E-state index is -0.108. The topological polar surface area (TPSA) is 57.1 Å². The van der Waals surface area contributed by atoms with Crippen molar-refractivity contribution in [2.45, 2.75) is 19.4 Å². The van der Waals surface area contributed by atoms with Crippen LogP contribution in [-0.2, 0) is 4.79 Å². The van der Waals surface area contributed by atoms with Crippen LogP contribution in [0, 0.1) is 6.92 Å². The van der Waals surface area contributed by atoms with E-state index in [0.29, 0.717) is 13.0 Å². The number of nitrogens with zero attached hydrogens (tertiary/aromatic N) is 2. The minimum Gasteiger partial charge on any atom is -0.334 e. The molecule has 0 spiro atoms. The molecule has 0 aliphatic carbocycles. The highest BCUT2D eigenvalue weighted by atomic mass is 16.2. The molecule has 6 nitrogen and oxygen atoms in total. The van der Waals surface area contributed by atoms with Crippen LogP contribution in [0.25, 0.3) is 0 Å². The van der Waals surface area contributed by atoms with Gasteiger partial charge in [-0.1, -0.05) is 17.7 Å². The molecule has 3 amide bonds. The molecule has 6 heteroatoms. The zero-order valence-electron chi connectivity index (χ0n) is 13.8. The molecule has 0 aromatic heterocycles. The zero-order chi connectivity index (χ0) is 16.4. The van der Waals surface area contributed by atoms with Gasteiger partial charge in [0.05, 0.1) is 39.3 Å². The number of aryl methyl sites for hydroxylation is 1. The van der Waals surface area contributed by atoms with E-state index in [4.69, 9.17) is 0 Å². The van der Waals surface area contributed by atoms with Gasteiger partial charge in [0.25, 0.3) is 0 Å². The number of carbonyl (C=O) groups is 2. The average molecular weight is 317 g/mol. The maximum Gasteiger partial charge on any atom is 0.318 e. The first-order chi connectivity index (χ1) is 11.0. The van der Waals surface area contributed by atoms with Crippen LogP contribution in [0.5, 0.6) is 0 Å². The molecule has 2 aliphatic rings. The Labute approximate surface area is 137 Å². The van der Waals surface area contributed by atoms with E-state index in [0.717, 1.165) is 31.9 Å². The number of anilines is 1. The van der Waals surface area contributed by atoms with Crippen molar-refractivity contribution in [1.29, 1.82) is 0 Å². The molecule has 2 fully saturated rings. The molecule has 0 saturated carbocycles. The standard InChI is InChI=1S/C17H24N4O2/c1-13-3-5-15(6-4-13)21-12-14(11-16(21)22)18-17(23)20-9-7-19(2)8-10-20/h3-6,14H,7-12H2,1-2H3,(H,18,23)/p+1/t14-/m0/s1. The molecular formula is C17H25N4O2+. The van der Waals surface area contributed by atoms with Crippen LogP contribution in [0.3, 0.4) is 0 Å². The second-order valence-corrected chi connectivity index (χ2v) is 6.63. The number of likely N-dealkylation sites (N-methyl/N-ethyl adjacent to an activating group) is 1. The minimum absolute atomic E-state index is 0.0407. The number of rotatable bonds is 2. The van der Waals surface area contributed by atoms with Gasteiger partial charge >= 0.3 is 6.03 Å². The quantitative estimate of drug-likeness (QED) is 0.783. The Morgan fingerprint density at radius 2 is 1.87 bits per heavy atom. The fourth-order valence-corrected chi connectivity index (χ4v) is 3.14. The Kier molecular flexibility index (Phi) is 4.52. The van der Waals surface area contributed by atoms with E-state index in [-0.39, 0.29) is 18.0 Å². The molecule has 0 radical (unpaired) electrons. The molecule has 1 aromatic rings. The van der Waals surface area contributed by atoms with Gasteiger partial charge in [0.15, 0.2) is 0 Å². The van der Waals surface area contributed by atoms with E-state index in [2.05, 4.69) is 12.4 Å². The van der Waals surface area contributed by atoms with Gasteiger partial charge in [-0.2, -0.15) is 0 Å². The molecule has 2 saturated heterocycles. The summed E-state index contributed by atoms with van der Waals surface area (Å²) in [6.07, 6.45) is 0.374. The highest BCUT2D eigenvalue weighted by molar-refractivity contribution is 5.96. The Morgan fingerprint density at radius 3 is 2.52 bits per heavy atom. The fourth-order valence-electron chi connectivity index (χ4n) is 3.14. The van der Waals surface area contributed by atoms with E-state index in [1.54, 1.807) is 4.90 Å². The summed E-state index contributed by atoms with van der Waals surface area (Å²) in [4.78, 5) is 29.6. The first-order valence-electron chi connectivity index (χ1n) is 8.26. The van der Waals surface area contributed by atoms with E-state index in [1.807, 2.05) is 36.1 Å².